The number of ether oxygens (including phenoxy) is 1. The number of hydrogen-bond acceptors (Lipinski definition) is 4. The summed E-state index contributed by atoms with van der Waals surface area (Å²) >= 11 is 0. The number of H-pyrrole nitrogens is 1. The fourth-order valence-corrected chi connectivity index (χ4v) is 2.58. The molecule has 0 saturated heterocycles. The topological polar surface area (TPSA) is 71.0 Å². The SMILES string of the molecule is CC(C)(C)C(O)(CCCCOc1ccccc1F)Cc1ncn[nH]1. The number of nitrogens with zero attached hydrogens (tertiary/aromatic N) is 2. The third-order valence-corrected chi connectivity index (χ3v) is 4.40. The lowest BCUT2D eigenvalue weighted by Crippen LogP contribution is -2.45. The van der Waals surface area contributed by atoms with Crippen LogP contribution in [0.4, 0.5) is 4.39 Å². The van der Waals surface area contributed by atoms with Crippen LogP contribution in [0, 0.1) is 11.2 Å². The molecule has 1 atom stereocenters. The molecule has 0 fully saturated rings. The molecular formula is C18H26FN3O2. The van der Waals surface area contributed by atoms with Crippen LogP contribution in [0.2, 0.25) is 0 Å². The van der Waals surface area contributed by atoms with Gasteiger partial charge in [0.2, 0.25) is 0 Å². The number of aromatic nitrogens is 3. The van der Waals surface area contributed by atoms with Gasteiger partial charge in [-0.25, -0.2) is 9.37 Å². The molecule has 1 heterocycles. The van der Waals surface area contributed by atoms with E-state index in [2.05, 4.69) is 15.2 Å². The van der Waals surface area contributed by atoms with Gasteiger partial charge in [-0.2, -0.15) is 5.10 Å². The van der Waals surface area contributed by atoms with Gasteiger partial charge in [0.15, 0.2) is 11.6 Å². The summed E-state index contributed by atoms with van der Waals surface area (Å²) in [7, 11) is 0. The third kappa shape index (κ3) is 4.77. The number of aliphatic hydroxyl groups is 1. The normalized spacial score (nSPS) is 14.4. The van der Waals surface area contributed by atoms with E-state index in [4.69, 9.17) is 4.74 Å². The van der Waals surface area contributed by atoms with Crippen LogP contribution in [-0.4, -0.2) is 32.5 Å². The number of nitrogens with one attached hydrogen (secondary N) is 1. The summed E-state index contributed by atoms with van der Waals surface area (Å²) in [5.74, 6) is 0.592. The van der Waals surface area contributed by atoms with E-state index in [-0.39, 0.29) is 17.0 Å². The number of benzene rings is 1. The van der Waals surface area contributed by atoms with E-state index in [0.29, 0.717) is 25.3 Å². The Morgan fingerprint density at radius 2 is 1.96 bits per heavy atom. The Hall–Kier alpha value is -1.95. The second-order valence-corrected chi connectivity index (χ2v) is 7.13. The van der Waals surface area contributed by atoms with Crippen molar-refractivity contribution in [3.05, 3.63) is 42.2 Å². The van der Waals surface area contributed by atoms with Gasteiger partial charge in [0.1, 0.15) is 12.2 Å². The van der Waals surface area contributed by atoms with Gasteiger partial charge in [-0.1, -0.05) is 32.9 Å². The Kier molecular flexibility index (Phi) is 5.94. The van der Waals surface area contributed by atoms with E-state index in [1.165, 1.54) is 12.4 Å². The van der Waals surface area contributed by atoms with Crippen LogP contribution in [0.1, 0.15) is 45.9 Å². The van der Waals surface area contributed by atoms with Gasteiger partial charge in [-0.3, -0.25) is 5.10 Å². The minimum Gasteiger partial charge on any atom is -0.491 e. The smallest absolute Gasteiger partial charge is 0.165 e. The standard InChI is InChI=1S/C18H26FN3O2/c1-17(2,3)18(23,12-16-20-13-21-22-16)10-6-7-11-24-15-9-5-4-8-14(15)19/h4-5,8-9,13,23H,6-7,10-12H2,1-3H3,(H,20,21,22). The highest BCUT2D eigenvalue weighted by atomic mass is 19.1. The summed E-state index contributed by atoms with van der Waals surface area (Å²) in [5.41, 5.74) is -1.20. The number of unbranched alkanes of at least 4 members (excludes halogenated alkanes) is 1. The molecular weight excluding hydrogens is 309 g/mol. The van der Waals surface area contributed by atoms with E-state index in [9.17, 15) is 9.50 Å². The van der Waals surface area contributed by atoms with E-state index in [0.717, 1.165) is 12.8 Å². The minimum absolute atomic E-state index is 0.269. The maximum atomic E-state index is 13.5. The van der Waals surface area contributed by atoms with Crippen molar-refractivity contribution < 1.29 is 14.2 Å². The summed E-state index contributed by atoms with van der Waals surface area (Å²) in [6, 6.07) is 6.37. The van der Waals surface area contributed by atoms with Crippen molar-refractivity contribution in [2.75, 3.05) is 6.61 Å². The Morgan fingerprint density at radius 3 is 2.58 bits per heavy atom. The highest BCUT2D eigenvalue weighted by Gasteiger charge is 2.40. The summed E-state index contributed by atoms with van der Waals surface area (Å²) in [5, 5.41) is 17.7. The van der Waals surface area contributed by atoms with Crippen LogP contribution in [0.15, 0.2) is 30.6 Å². The highest BCUT2D eigenvalue weighted by molar-refractivity contribution is 5.23. The fraction of sp³-hybridized carbons (Fsp3) is 0.556. The molecule has 1 aromatic carbocycles. The van der Waals surface area contributed by atoms with Crippen LogP contribution in [-0.2, 0) is 6.42 Å². The zero-order valence-corrected chi connectivity index (χ0v) is 14.6. The molecule has 0 aliphatic carbocycles. The van der Waals surface area contributed by atoms with Gasteiger partial charge in [0.05, 0.1) is 12.2 Å². The van der Waals surface area contributed by atoms with Crippen LogP contribution < -0.4 is 4.74 Å². The molecule has 0 aliphatic rings. The number of aromatic amines is 1. The Labute approximate surface area is 142 Å². The first kappa shape index (κ1) is 18.4. The quantitative estimate of drug-likeness (QED) is 0.724. The number of para-hydroxylation sites is 1. The summed E-state index contributed by atoms with van der Waals surface area (Å²) in [4.78, 5) is 4.12. The molecule has 24 heavy (non-hydrogen) atoms. The molecule has 0 amide bonds. The average molecular weight is 335 g/mol. The molecule has 6 heteroatoms. The first-order valence-corrected chi connectivity index (χ1v) is 8.26. The van der Waals surface area contributed by atoms with Crippen molar-refractivity contribution in [2.24, 2.45) is 5.41 Å². The average Bonchev–Trinajstić information content (AvgIpc) is 3.00. The summed E-state index contributed by atoms with van der Waals surface area (Å²) < 4.78 is 18.9. The van der Waals surface area contributed by atoms with Gasteiger partial charge in [-0.05, 0) is 36.8 Å². The second kappa shape index (κ2) is 7.75. The molecule has 0 bridgehead atoms. The monoisotopic (exact) mass is 335 g/mol. The summed E-state index contributed by atoms with van der Waals surface area (Å²) in [6.07, 6.45) is 3.99. The fourth-order valence-electron chi connectivity index (χ4n) is 2.58. The molecule has 5 nitrogen and oxygen atoms in total. The highest BCUT2D eigenvalue weighted by Crippen LogP contribution is 2.36. The van der Waals surface area contributed by atoms with Crippen LogP contribution in [0.3, 0.4) is 0 Å². The Morgan fingerprint density at radius 1 is 1.21 bits per heavy atom. The predicted molar refractivity (Wildman–Crippen MR) is 90.2 cm³/mol. The first-order chi connectivity index (χ1) is 11.3. The molecule has 2 N–H and O–H groups in total. The van der Waals surface area contributed by atoms with Crippen molar-refractivity contribution in [3.8, 4) is 5.75 Å². The molecule has 0 radical (unpaired) electrons. The maximum absolute atomic E-state index is 13.5. The predicted octanol–water partition coefficient (Wildman–Crippen LogP) is 3.51. The van der Waals surface area contributed by atoms with Gasteiger partial charge in [-0.15, -0.1) is 0 Å². The van der Waals surface area contributed by atoms with Crippen molar-refractivity contribution in [2.45, 2.75) is 52.1 Å². The van der Waals surface area contributed by atoms with Crippen molar-refractivity contribution in [1.29, 1.82) is 0 Å². The Bertz CT molecular complexity index is 625. The van der Waals surface area contributed by atoms with Crippen LogP contribution in [0.5, 0.6) is 5.75 Å². The molecule has 0 aliphatic heterocycles. The first-order valence-electron chi connectivity index (χ1n) is 8.26. The number of rotatable bonds is 8. The number of hydrogen-bond donors (Lipinski definition) is 2. The maximum Gasteiger partial charge on any atom is 0.165 e. The third-order valence-electron chi connectivity index (χ3n) is 4.40. The molecule has 1 aromatic heterocycles. The van der Waals surface area contributed by atoms with Crippen molar-refractivity contribution >= 4 is 0 Å². The molecule has 0 saturated carbocycles. The molecule has 132 valence electrons. The molecule has 1 unspecified atom stereocenters. The lowest BCUT2D eigenvalue weighted by Gasteiger charge is -2.40. The second-order valence-electron chi connectivity index (χ2n) is 7.13. The van der Waals surface area contributed by atoms with E-state index in [1.54, 1.807) is 18.2 Å². The van der Waals surface area contributed by atoms with Gasteiger partial charge in [0.25, 0.3) is 0 Å². The summed E-state index contributed by atoms with van der Waals surface area (Å²) in [6.45, 7) is 6.46. The van der Waals surface area contributed by atoms with E-state index < -0.39 is 5.60 Å². The van der Waals surface area contributed by atoms with Gasteiger partial charge < -0.3 is 9.84 Å². The lowest BCUT2D eigenvalue weighted by molar-refractivity contribution is -0.0674. The molecule has 2 rings (SSSR count). The largest absolute Gasteiger partial charge is 0.491 e. The van der Waals surface area contributed by atoms with Gasteiger partial charge in [0, 0.05) is 6.42 Å². The van der Waals surface area contributed by atoms with Crippen molar-refractivity contribution in [3.63, 3.8) is 0 Å². The molecule has 2 aromatic rings. The zero-order valence-electron chi connectivity index (χ0n) is 14.6. The van der Waals surface area contributed by atoms with E-state index >= 15 is 0 Å². The Balaban J connectivity index is 1.84. The molecule has 0 spiro atoms. The van der Waals surface area contributed by atoms with E-state index in [1.807, 2.05) is 20.8 Å². The minimum atomic E-state index is -0.898. The van der Waals surface area contributed by atoms with Crippen molar-refractivity contribution in [1.82, 2.24) is 15.2 Å². The lowest BCUT2D eigenvalue weighted by atomic mass is 9.71. The van der Waals surface area contributed by atoms with Gasteiger partial charge >= 0.3 is 0 Å². The van der Waals surface area contributed by atoms with Crippen LogP contribution in [0.25, 0.3) is 0 Å². The zero-order chi connectivity index (χ0) is 17.6. The number of halogens is 1. The van der Waals surface area contributed by atoms with Crippen LogP contribution >= 0.6 is 0 Å².